The highest BCUT2D eigenvalue weighted by Crippen LogP contribution is 2.33. The fraction of sp³-hybridized carbons (Fsp3) is 0.333. The molecule has 5 heterocycles. The first-order valence-electron chi connectivity index (χ1n) is 8.73. The predicted molar refractivity (Wildman–Crippen MR) is 97.8 cm³/mol. The first-order chi connectivity index (χ1) is 12.3. The van der Waals surface area contributed by atoms with Crippen LogP contribution >= 0.6 is 11.3 Å². The topological polar surface area (TPSA) is 60.4 Å². The maximum atomic E-state index is 4.82. The average molecular weight is 351 g/mol. The van der Waals surface area contributed by atoms with Crippen LogP contribution < -0.4 is 4.90 Å². The van der Waals surface area contributed by atoms with Gasteiger partial charge in [-0.15, -0.1) is 16.4 Å². The molecule has 1 aliphatic heterocycles. The van der Waals surface area contributed by atoms with E-state index < -0.39 is 0 Å². The van der Waals surface area contributed by atoms with Crippen LogP contribution in [0.5, 0.6) is 0 Å². The summed E-state index contributed by atoms with van der Waals surface area (Å²) >= 11 is 1.82. The van der Waals surface area contributed by atoms with Gasteiger partial charge in [-0.25, -0.2) is 14.5 Å². The van der Waals surface area contributed by atoms with Gasteiger partial charge >= 0.3 is 0 Å². The summed E-state index contributed by atoms with van der Waals surface area (Å²) in [5, 5.41) is 5.80. The Balaban J connectivity index is 1.67. The Labute approximate surface area is 149 Å². The van der Waals surface area contributed by atoms with Crippen molar-refractivity contribution in [1.29, 1.82) is 0 Å². The van der Waals surface area contributed by atoms with Gasteiger partial charge in [0.15, 0.2) is 11.5 Å². The van der Waals surface area contributed by atoms with E-state index in [1.54, 1.807) is 23.6 Å². The van der Waals surface area contributed by atoms with Gasteiger partial charge in [0.25, 0.3) is 0 Å². The van der Waals surface area contributed by atoms with Gasteiger partial charge in [0, 0.05) is 24.4 Å². The second-order valence-corrected chi connectivity index (χ2v) is 7.63. The Morgan fingerprint density at radius 1 is 1.36 bits per heavy atom. The SMILES string of the molecule is CCC[NH+]1CCc2c(sc3ncn4nc(-c5cccnc5)nc4c23)C1. The van der Waals surface area contributed by atoms with Gasteiger partial charge in [-0.1, -0.05) is 6.92 Å². The summed E-state index contributed by atoms with van der Waals surface area (Å²) in [6.45, 7) is 5.80. The van der Waals surface area contributed by atoms with Crippen molar-refractivity contribution < 1.29 is 4.90 Å². The Morgan fingerprint density at radius 3 is 3.16 bits per heavy atom. The van der Waals surface area contributed by atoms with Gasteiger partial charge in [-0.3, -0.25) is 4.98 Å². The molecule has 1 unspecified atom stereocenters. The summed E-state index contributed by atoms with van der Waals surface area (Å²) in [4.78, 5) is 17.9. The van der Waals surface area contributed by atoms with Crippen LogP contribution in [0.1, 0.15) is 23.8 Å². The molecule has 1 aliphatic rings. The van der Waals surface area contributed by atoms with E-state index in [-0.39, 0.29) is 0 Å². The maximum absolute atomic E-state index is 4.82. The number of quaternary nitrogens is 1. The molecule has 0 saturated carbocycles. The lowest BCUT2D eigenvalue weighted by atomic mass is 10.1. The number of pyridine rings is 1. The third-order valence-corrected chi connectivity index (χ3v) is 6.01. The lowest BCUT2D eigenvalue weighted by Gasteiger charge is -2.23. The molecule has 4 aromatic rings. The highest BCUT2D eigenvalue weighted by Gasteiger charge is 2.26. The normalized spacial score (nSPS) is 17.2. The molecule has 126 valence electrons. The summed E-state index contributed by atoms with van der Waals surface area (Å²) in [5.41, 5.74) is 3.28. The summed E-state index contributed by atoms with van der Waals surface area (Å²) in [6, 6.07) is 3.90. The van der Waals surface area contributed by atoms with Gasteiger partial charge < -0.3 is 4.90 Å². The van der Waals surface area contributed by atoms with E-state index in [9.17, 15) is 0 Å². The van der Waals surface area contributed by atoms with E-state index in [0.717, 1.165) is 29.0 Å². The fourth-order valence-corrected chi connectivity index (χ4v) is 4.96. The van der Waals surface area contributed by atoms with E-state index in [4.69, 9.17) is 4.98 Å². The van der Waals surface area contributed by atoms with Crippen molar-refractivity contribution in [3.05, 3.63) is 41.3 Å². The molecule has 0 fully saturated rings. The third-order valence-electron chi connectivity index (χ3n) is 4.87. The van der Waals surface area contributed by atoms with Crippen molar-refractivity contribution >= 4 is 27.2 Å². The van der Waals surface area contributed by atoms with Crippen LogP contribution in [-0.4, -0.2) is 37.7 Å². The van der Waals surface area contributed by atoms with Crippen LogP contribution in [0.4, 0.5) is 0 Å². The quantitative estimate of drug-likeness (QED) is 0.611. The summed E-state index contributed by atoms with van der Waals surface area (Å²) in [6.07, 6.45) is 7.67. The molecule has 7 heteroatoms. The molecular formula is C18H19N6S+. The number of nitrogens with zero attached hydrogens (tertiary/aromatic N) is 5. The standard InChI is InChI=1S/C18H18N6S/c1-2-7-23-8-5-13-14(10-23)25-18-15(13)17-21-16(22-24(17)11-20-18)12-4-3-6-19-9-12/h3-4,6,9,11H,2,5,7-8,10H2,1H3/p+1. The van der Waals surface area contributed by atoms with E-state index in [2.05, 4.69) is 22.0 Å². The highest BCUT2D eigenvalue weighted by molar-refractivity contribution is 7.19. The van der Waals surface area contributed by atoms with Crippen LogP contribution in [0.2, 0.25) is 0 Å². The summed E-state index contributed by atoms with van der Waals surface area (Å²) < 4.78 is 1.81. The van der Waals surface area contributed by atoms with Crippen molar-refractivity contribution in [2.75, 3.05) is 13.1 Å². The zero-order chi connectivity index (χ0) is 16.8. The smallest absolute Gasteiger partial charge is 0.183 e. The van der Waals surface area contributed by atoms with Crippen molar-refractivity contribution in [1.82, 2.24) is 24.6 Å². The largest absolute Gasteiger partial charge is 0.330 e. The first-order valence-corrected chi connectivity index (χ1v) is 9.54. The molecule has 0 saturated heterocycles. The molecule has 6 nitrogen and oxygen atoms in total. The van der Waals surface area contributed by atoms with Crippen LogP contribution in [0.25, 0.3) is 27.3 Å². The van der Waals surface area contributed by atoms with Crippen LogP contribution in [0, 0.1) is 0 Å². The molecule has 0 radical (unpaired) electrons. The van der Waals surface area contributed by atoms with Crippen molar-refractivity contribution in [2.45, 2.75) is 26.3 Å². The van der Waals surface area contributed by atoms with E-state index in [0.29, 0.717) is 5.82 Å². The zero-order valence-electron chi connectivity index (χ0n) is 14.1. The van der Waals surface area contributed by atoms with Gasteiger partial charge in [-0.2, -0.15) is 0 Å². The highest BCUT2D eigenvalue weighted by atomic mass is 32.1. The zero-order valence-corrected chi connectivity index (χ0v) is 14.9. The lowest BCUT2D eigenvalue weighted by Crippen LogP contribution is -3.11. The van der Waals surface area contributed by atoms with Gasteiger partial charge in [-0.05, 0) is 24.1 Å². The van der Waals surface area contributed by atoms with Gasteiger partial charge in [0.2, 0.25) is 0 Å². The minimum atomic E-state index is 0.705. The molecule has 0 spiro atoms. The summed E-state index contributed by atoms with van der Waals surface area (Å²) in [5.74, 6) is 0.705. The number of hydrogen-bond acceptors (Lipinski definition) is 5. The number of aromatic nitrogens is 5. The molecular weight excluding hydrogens is 332 g/mol. The van der Waals surface area contributed by atoms with Gasteiger partial charge in [0.05, 0.1) is 23.4 Å². The second kappa shape index (κ2) is 5.86. The van der Waals surface area contributed by atoms with E-state index in [1.807, 2.05) is 28.0 Å². The van der Waals surface area contributed by atoms with Crippen LogP contribution in [-0.2, 0) is 13.0 Å². The minimum Gasteiger partial charge on any atom is -0.330 e. The molecule has 1 N–H and O–H groups in total. The van der Waals surface area contributed by atoms with Crippen molar-refractivity contribution in [3.63, 3.8) is 0 Å². The molecule has 0 amide bonds. The van der Waals surface area contributed by atoms with Crippen LogP contribution in [0.3, 0.4) is 0 Å². The lowest BCUT2D eigenvalue weighted by molar-refractivity contribution is -0.915. The molecule has 0 aliphatic carbocycles. The Morgan fingerprint density at radius 2 is 2.32 bits per heavy atom. The predicted octanol–water partition coefficient (Wildman–Crippen LogP) is 1.75. The molecule has 0 bridgehead atoms. The van der Waals surface area contributed by atoms with Crippen molar-refractivity contribution in [3.8, 4) is 11.4 Å². The number of hydrogen-bond donors (Lipinski definition) is 1. The number of thiophene rings is 1. The van der Waals surface area contributed by atoms with Crippen LogP contribution in [0.15, 0.2) is 30.9 Å². The van der Waals surface area contributed by atoms with E-state index in [1.165, 1.54) is 35.3 Å². The van der Waals surface area contributed by atoms with E-state index >= 15 is 0 Å². The molecule has 4 aromatic heterocycles. The third kappa shape index (κ3) is 2.42. The molecule has 1 atom stereocenters. The number of rotatable bonds is 3. The van der Waals surface area contributed by atoms with Gasteiger partial charge in [0.1, 0.15) is 17.7 Å². The number of fused-ring (bicyclic) bond motifs is 5. The Kier molecular flexibility index (Phi) is 3.50. The fourth-order valence-electron chi connectivity index (χ4n) is 3.71. The monoisotopic (exact) mass is 351 g/mol. The molecule has 0 aromatic carbocycles. The van der Waals surface area contributed by atoms with Crippen molar-refractivity contribution in [2.24, 2.45) is 0 Å². The average Bonchev–Trinajstić information content (AvgIpc) is 3.23. The first kappa shape index (κ1) is 14.9. The molecule has 25 heavy (non-hydrogen) atoms. The minimum absolute atomic E-state index is 0.705. The Hall–Kier alpha value is -2.38. The molecule has 5 rings (SSSR count). The second-order valence-electron chi connectivity index (χ2n) is 6.55. The Bertz CT molecular complexity index is 1050. The number of nitrogens with one attached hydrogen (secondary N) is 1. The maximum Gasteiger partial charge on any atom is 0.183 e. The summed E-state index contributed by atoms with van der Waals surface area (Å²) in [7, 11) is 0.